The normalized spacial score (nSPS) is 15.3. The molecule has 0 saturated heterocycles. The summed E-state index contributed by atoms with van der Waals surface area (Å²) >= 11 is 0. The van der Waals surface area contributed by atoms with Crippen LogP contribution in [0, 0.1) is 5.82 Å². The van der Waals surface area contributed by atoms with Crippen LogP contribution in [0.1, 0.15) is 39.2 Å². The number of ether oxygens (including phenoxy) is 1. The molecule has 0 saturated carbocycles. The SMILES string of the molecule is CC(C)(O)CCC(C)(O)COCc1ccccc1F. The molecule has 1 aromatic rings. The van der Waals surface area contributed by atoms with E-state index >= 15 is 0 Å². The van der Waals surface area contributed by atoms with Gasteiger partial charge in [0.2, 0.25) is 0 Å². The molecule has 0 radical (unpaired) electrons. The number of halogens is 1. The van der Waals surface area contributed by atoms with Gasteiger partial charge in [-0.2, -0.15) is 0 Å². The molecule has 108 valence electrons. The van der Waals surface area contributed by atoms with E-state index in [9.17, 15) is 14.6 Å². The van der Waals surface area contributed by atoms with Crippen LogP contribution in [0.5, 0.6) is 0 Å². The lowest BCUT2D eigenvalue weighted by atomic mass is 9.93. The summed E-state index contributed by atoms with van der Waals surface area (Å²) in [5.74, 6) is -0.307. The Morgan fingerprint density at radius 1 is 1.11 bits per heavy atom. The van der Waals surface area contributed by atoms with Gasteiger partial charge < -0.3 is 14.9 Å². The minimum absolute atomic E-state index is 0.109. The van der Waals surface area contributed by atoms with E-state index in [0.717, 1.165) is 0 Å². The fourth-order valence-corrected chi connectivity index (χ4v) is 1.64. The fourth-order valence-electron chi connectivity index (χ4n) is 1.64. The van der Waals surface area contributed by atoms with E-state index in [2.05, 4.69) is 0 Å². The molecule has 0 aliphatic carbocycles. The van der Waals surface area contributed by atoms with Gasteiger partial charge in [0, 0.05) is 5.56 Å². The van der Waals surface area contributed by atoms with Crippen LogP contribution in [0.15, 0.2) is 24.3 Å². The van der Waals surface area contributed by atoms with Gasteiger partial charge in [-0.3, -0.25) is 0 Å². The highest BCUT2D eigenvalue weighted by molar-refractivity contribution is 5.16. The van der Waals surface area contributed by atoms with Gasteiger partial charge >= 0.3 is 0 Å². The predicted octanol–water partition coefficient (Wildman–Crippen LogP) is 2.64. The van der Waals surface area contributed by atoms with E-state index in [1.54, 1.807) is 39.0 Å². The van der Waals surface area contributed by atoms with Gasteiger partial charge in [0.15, 0.2) is 0 Å². The van der Waals surface area contributed by atoms with Crippen molar-refractivity contribution in [3.05, 3.63) is 35.6 Å². The zero-order valence-corrected chi connectivity index (χ0v) is 11.8. The lowest BCUT2D eigenvalue weighted by molar-refractivity contribution is -0.0583. The van der Waals surface area contributed by atoms with Gasteiger partial charge in [-0.05, 0) is 39.7 Å². The first-order valence-electron chi connectivity index (χ1n) is 6.46. The van der Waals surface area contributed by atoms with Crippen molar-refractivity contribution in [2.75, 3.05) is 6.61 Å². The third kappa shape index (κ3) is 6.66. The molecular formula is C15H23FO3. The number of rotatable bonds is 7. The molecule has 4 heteroatoms. The number of hydrogen-bond donors (Lipinski definition) is 2. The minimum atomic E-state index is -1.02. The van der Waals surface area contributed by atoms with Gasteiger partial charge in [-0.25, -0.2) is 4.39 Å². The maximum atomic E-state index is 13.3. The van der Waals surface area contributed by atoms with Crippen LogP contribution in [0.2, 0.25) is 0 Å². The molecule has 1 rings (SSSR count). The average Bonchev–Trinajstić information content (AvgIpc) is 2.28. The topological polar surface area (TPSA) is 49.7 Å². The number of benzene rings is 1. The molecule has 0 bridgehead atoms. The van der Waals surface area contributed by atoms with Crippen LogP contribution >= 0.6 is 0 Å². The molecule has 19 heavy (non-hydrogen) atoms. The second kappa shape index (κ2) is 6.46. The van der Waals surface area contributed by atoms with Crippen LogP contribution in [0.25, 0.3) is 0 Å². The molecule has 1 atom stereocenters. The van der Waals surface area contributed by atoms with Gasteiger partial charge in [-0.1, -0.05) is 18.2 Å². The molecule has 0 aromatic heterocycles. The van der Waals surface area contributed by atoms with Gasteiger partial charge in [0.1, 0.15) is 5.82 Å². The summed E-state index contributed by atoms with van der Waals surface area (Å²) in [5, 5.41) is 19.7. The Hall–Kier alpha value is -0.970. The molecule has 0 amide bonds. The first-order valence-corrected chi connectivity index (χ1v) is 6.46. The summed E-state index contributed by atoms with van der Waals surface area (Å²) < 4.78 is 18.7. The first kappa shape index (κ1) is 16.1. The van der Waals surface area contributed by atoms with Crippen LogP contribution < -0.4 is 0 Å². The van der Waals surface area contributed by atoms with Crippen molar-refractivity contribution < 1.29 is 19.3 Å². The van der Waals surface area contributed by atoms with Crippen molar-refractivity contribution in [2.24, 2.45) is 0 Å². The number of hydrogen-bond acceptors (Lipinski definition) is 3. The van der Waals surface area contributed by atoms with E-state index < -0.39 is 11.2 Å². The lowest BCUT2D eigenvalue weighted by Gasteiger charge is -2.27. The Labute approximate surface area is 114 Å². The third-order valence-electron chi connectivity index (χ3n) is 2.90. The van der Waals surface area contributed by atoms with Gasteiger partial charge in [-0.15, -0.1) is 0 Å². The van der Waals surface area contributed by atoms with Gasteiger partial charge in [0.05, 0.1) is 24.4 Å². The Morgan fingerprint density at radius 2 is 1.74 bits per heavy atom. The number of aliphatic hydroxyl groups is 2. The summed E-state index contributed by atoms with van der Waals surface area (Å²) in [4.78, 5) is 0. The Kier molecular flexibility index (Phi) is 5.47. The fraction of sp³-hybridized carbons (Fsp3) is 0.600. The maximum absolute atomic E-state index is 13.3. The monoisotopic (exact) mass is 270 g/mol. The predicted molar refractivity (Wildman–Crippen MR) is 72.2 cm³/mol. The third-order valence-corrected chi connectivity index (χ3v) is 2.90. The summed E-state index contributed by atoms with van der Waals surface area (Å²) in [6.07, 6.45) is 0.900. The van der Waals surface area contributed by atoms with Crippen molar-refractivity contribution in [1.29, 1.82) is 0 Å². The van der Waals surface area contributed by atoms with Crippen molar-refractivity contribution in [3.63, 3.8) is 0 Å². The van der Waals surface area contributed by atoms with E-state index in [-0.39, 0.29) is 19.0 Å². The van der Waals surface area contributed by atoms with E-state index in [0.29, 0.717) is 18.4 Å². The van der Waals surface area contributed by atoms with Crippen molar-refractivity contribution in [3.8, 4) is 0 Å². The van der Waals surface area contributed by atoms with E-state index in [4.69, 9.17) is 4.74 Å². The summed E-state index contributed by atoms with van der Waals surface area (Å²) in [6.45, 7) is 5.29. The van der Waals surface area contributed by atoms with E-state index in [1.165, 1.54) is 6.07 Å². The summed E-state index contributed by atoms with van der Waals surface area (Å²) in [5.41, 5.74) is -1.36. The largest absolute Gasteiger partial charge is 0.390 e. The molecule has 0 fully saturated rings. The Morgan fingerprint density at radius 3 is 2.32 bits per heavy atom. The Bertz CT molecular complexity index is 397. The minimum Gasteiger partial charge on any atom is -0.390 e. The highest BCUT2D eigenvalue weighted by Crippen LogP contribution is 2.20. The van der Waals surface area contributed by atoms with Crippen LogP contribution in [-0.2, 0) is 11.3 Å². The van der Waals surface area contributed by atoms with Crippen LogP contribution in [-0.4, -0.2) is 28.0 Å². The highest BCUT2D eigenvalue weighted by Gasteiger charge is 2.24. The molecule has 0 aliphatic rings. The molecule has 1 aromatic carbocycles. The second-order valence-electron chi connectivity index (χ2n) is 5.89. The smallest absolute Gasteiger partial charge is 0.128 e. The van der Waals surface area contributed by atoms with Crippen molar-refractivity contribution >= 4 is 0 Å². The molecule has 0 spiro atoms. The molecule has 0 aliphatic heterocycles. The standard InChI is InChI=1S/C15H23FO3/c1-14(2,17)8-9-15(3,18)11-19-10-12-6-4-5-7-13(12)16/h4-7,17-18H,8-11H2,1-3H3. The Balaban J connectivity index is 2.37. The van der Waals surface area contributed by atoms with E-state index in [1.807, 2.05) is 0 Å². The molecular weight excluding hydrogens is 247 g/mol. The van der Waals surface area contributed by atoms with Gasteiger partial charge in [0.25, 0.3) is 0 Å². The molecule has 1 unspecified atom stereocenters. The molecule has 0 heterocycles. The van der Waals surface area contributed by atoms with Crippen LogP contribution in [0.4, 0.5) is 4.39 Å². The summed E-state index contributed by atoms with van der Waals surface area (Å²) in [7, 11) is 0. The quantitative estimate of drug-likeness (QED) is 0.801. The zero-order valence-electron chi connectivity index (χ0n) is 11.8. The maximum Gasteiger partial charge on any atom is 0.128 e. The second-order valence-corrected chi connectivity index (χ2v) is 5.89. The van der Waals surface area contributed by atoms with Crippen molar-refractivity contribution in [1.82, 2.24) is 0 Å². The molecule has 2 N–H and O–H groups in total. The first-order chi connectivity index (χ1) is 8.70. The van der Waals surface area contributed by atoms with Crippen LogP contribution in [0.3, 0.4) is 0 Å². The zero-order chi connectivity index (χ0) is 14.5. The average molecular weight is 270 g/mol. The lowest BCUT2D eigenvalue weighted by Crippen LogP contribution is -2.33. The summed E-state index contributed by atoms with van der Waals surface area (Å²) in [6, 6.07) is 6.40. The highest BCUT2D eigenvalue weighted by atomic mass is 19.1. The van der Waals surface area contributed by atoms with Crippen molar-refractivity contribution in [2.45, 2.75) is 51.4 Å². The molecule has 3 nitrogen and oxygen atoms in total.